The predicted molar refractivity (Wildman–Crippen MR) is 131 cm³/mol. The van der Waals surface area contributed by atoms with Crippen LogP contribution in [0, 0.1) is 46.8 Å². The van der Waals surface area contributed by atoms with Crippen LogP contribution in [0.1, 0.15) is 51.3 Å². The van der Waals surface area contributed by atoms with E-state index in [1.54, 1.807) is 7.11 Å². The first kappa shape index (κ1) is 22.9. The van der Waals surface area contributed by atoms with Crippen molar-refractivity contribution in [2.45, 2.75) is 52.9 Å². The summed E-state index contributed by atoms with van der Waals surface area (Å²) in [5.41, 5.74) is 10.1. The van der Waals surface area contributed by atoms with E-state index < -0.39 is 0 Å². The van der Waals surface area contributed by atoms with Crippen molar-refractivity contribution in [3.8, 4) is 11.4 Å². The van der Waals surface area contributed by atoms with Crippen LogP contribution < -0.4 is 10.5 Å². The molecule has 2 saturated carbocycles. The van der Waals surface area contributed by atoms with Crippen molar-refractivity contribution in [2.75, 3.05) is 20.3 Å². The number of hydrogen-bond donors (Lipinski definition) is 2. The van der Waals surface area contributed by atoms with Gasteiger partial charge in [-0.1, -0.05) is 27.2 Å². The van der Waals surface area contributed by atoms with Gasteiger partial charge in [0.25, 0.3) is 0 Å². The molecule has 3 N–H and O–H groups in total. The van der Waals surface area contributed by atoms with Gasteiger partial charge in [0.1, 0.15) is 5.75 Å². The number of nitrogens with two attached hydrogens (primary N) is 1. The fourth-order valence-electron chi connectivity index (χ4n) is 8.23. The van der Waals surface area contributed by atoms with Gasteiger partial charge in [-0.2, -0.15) is 5.10 Å². The molecule has 0 saturated heterocycles. The maximum absolute atomic E-state index is 10.5. The highest BCUT2D eigenvalue weighted by Gasteiger charge is 2.55. The minimum atomic E-state index is 0.0462. The summed E-state index contributed by atoms with van der Waals surface area (Å²) in [6, 6.07) is 8.05. The third kappa shape index (κ3) is 3.72. The maximum atomic E-state index is 10.5. The van der Waals surface area contributed by atoms with E-state index in [1.807, 2.05) is 16.8 Å². The molecule has 5 heteroatoms. The second-order valence-corrected chi connectivity index (χ2v) is 11.5. The van der Waals surface area contributed by atoms with Crippen molar-refractivity contribution in [2.24, 2.45) is 52.6 Å². The van der Waals surface area contributed by atoms with Gasteiger partial charge >= 0.3 is 0 Å². The van der Waals surface area contributed by atoms with E-state index in [0.717, 1.165) is 60.2 Å². The lowest BCUT2D eigenvalue weighted by molar-refractivity contribution is -0.0605. The molecule has 1 aromatic heterocycles. The van der Waals surface area contributed by atoms with E-state index in [1.165, 1.54) is 24.8 Å². The number of aromatic nitrogens is 2. The number of aliphatic hydroxyl groups excluding tert-OH is 1. The lowest BCUT2D eigenvalue weighted by Gasteiger charge is -2.55. The molecule has 3 aliphatic rings. The van der Waals surface area contributed by atoms with Crippen molar-refractivity contribution >= 4 is 0 Å². The molecule has 2 aromatic rings. The molecule has 5 nitrogen and oxygen atoms in total. The molecule has 0 unspecified atom stereocenters. The zero-order valence-corrected chi connectivity index (χ0v) is 20.7. The largest absolute Gasteiger partial charge is 0.497 e. The summed E-state index contributed by atoms with van der Waals surface area (Å²) in [5.74, 6) is 5.32. The SMILES string of the molecule is COc1ccc(-n2cc3c(n2)C[C@H](CO)[C@@](C)([C@H]2C[C@@H](C)[C@@H]4[C@H](CC[C@@H]4C)[C@@H]2CN)C3)cc1. The molecule has 180 valence electrons. The monoisotopic (exact) mass is 451 g/mol. The van der Waals surface area contributed by atoms with E-state index in [9.17, 15) is 5.11 Å². The van der Waals surface area contributed by atoms with Crippen LogP contribution in [0.2, 0.25) is 0 Å². The molecular formula is C28H41N3O2. The molecule has 0 amide bonds. The van der Waals surface area contributed by atoms with Gasteiger partial charge in [-0.05, 0) is 109 Å². The van der Waals surface area contributed by atoms with Gasteiger partial charge in [-0.15, -0.1) is 0 Å². The number of aliphatic hydroxyl groups is 1. The highest BCUT2D eigenvalue weighted by atomic mass is 16.5. The van der Waals surface area contributed by atoms with Crippen LogP contribution in [0.15, 0.2) is 30.5 Å². The first-order valence-electron chi connectivity index (χ1n) is 12.9. The van der Waals surface area contributed by atoms with Gasteiger partial charge in [-0.25, -0.2) is 4.68 Å². The number of hydrogen-bond acceptors (Lipinski definition) is 4. The third-order valence-electron chi connectivity index (χ3n) is 9.95. The Labute approximate surface area is 198 Å². The van der Waals surface area contributed by atoms with E-state index in [0.29, 0.717) is 11.8 Å². The quantitative estimate of drug-likeness (QED) is 0.703. The summed E-state index contributed by atoms with van der Waals surface area (Å²) in [6.07, 6.45) is 7.95. The molecule has 0 aliphatic heterocycles. The zero-order valence-electron chi connectivity index (χ0n) is 20.7. The zero-order chi connectivity index (χ0) is 23.3. The molecule has 2 fully saturated rings. The van der Waals surface area contributed by atoms with Crippen LogP contribution in [0.5, 0.6) is 5.75 Å². The fourth-order valence-corrected chi connectivity index (χ4v) is 8.23. The van der Waals surface area contributed by atoms with Gasteiger partial charge in [0, 0.05) is 12.8 Å². The average Bonchev–Trinajstić information content (AvgIpc) is 3.41. The average molecular weight is 452 g/mol. The topological polar surface area (TPSA) is 73.3 Å². The van der Waals surface area contributed by atoms with Crippen molar-refractivity contribution in [3.05, 3.63) is 41.7 Å². The molecule has 1 aromatic carbocycles. The highest BCUT2D eigenvalue weighted by molar-refractivity contribution is 5.38. The molecule has 5 rings (SSSR count). The Morgan fingerprint density at radius 2 is 1.94 bits per heavy atom. The summed E-state index contributed by atoms with van der Waals surface area (Å²) >= 11 is 0. The standard InChI is InChI=1S/C28H41N3O2/c1-17-5-10-23-24(14-29)25(11-18(2)27(17)23)28(3)13-19-15-31(30-26(19)12-20(28)16-32)21-6-8-22(33-4)9-7-21/h6-9,15,17-18,20,23-25,27,32H,5,10-14,16,29H2,1-4H3/t17-,18+,20+,23+,24-,25-,27+,28-/m0/s1. The maximum Gasteiger partial charge on any atom is 0.119 e. The normalized spacial score (nSPS) is 38.1. The molecule has 0 spiro atoms. The number of fused-ring (bicyclic) bond motifs is 2. The Bertz CT molecular complexity index is 970. The van der Waals surface area contributed by atoms with Crippen LogP contribution in [-0.2, 0) is 12.8 Å². The number of ether oxygens (including phenoxy) is 1. The smallest absolute Gasteiger partial charge is 0.119 e. The number of nitrogens with zero attached hydrogens (tertiary/aromatic N) is 2. The second kappa shape index (κ2) is 8.74. The van der Waals surface area contributed by atoms with Crippen LogP contribution >= 0.6 is 0 Å². The molecule has 1 heterocycles. The van der Waals surface area contributed by atoms with E-state index in [4.69, 9.17) is 15.6 Å². The molecule has 0 bridgehead atoms. The minimum absolute atomic E-state index is 0.0462. The Balaban J connectivity index is 1.47. The van der Waals surface area contributed by atoms with Crippen LogP contribution in [0.25, 0.3) is 5.69 Å². The number of methoxy groups -OCH3 is 1. The Morgan fingerprint density at radius 1 is 1.18 bits per heavy atom. The highest BCUT2D eigenvalue weighted by Crippen LogP contribution is 2.59. The summed E-state index contributed by atoms with van der Waals surface area (Å²) in [4.78, 5) is 0. The molecule has 33 heavy (non-hydrogen) atoms. The summed E-state index contributed by atoms with van der Waals surface area (Å²) in [6.45, 7) is 8.37. The fraction of sp³-hybridized carbons (Fsp3) is 0.679. The second-order valence-electron chi connectivity index (χ2n) is 11.5. The van der Waals surface area contributed by atoms with Gasteiger partial charge < -0.3 is 15.6 Å². The van der Waals surface area contributed by atoms with Crippen LogP contribution in [0.4, 0.5) is 0 Å². The first-order valence-corrected chi connectivity index (χ1v) is 12.9. The van der Waals surface area contributed by atoms with Gasteiger partial charge in [0.2, 0.25) is 0 Å². The van der Waals surface area contributed by atoms with Crippen molar-refractivity contribution < 1.29 is 9.84 Å². The van der Waals surface area contributed by atoms with Gasteiger partial charge in [0.05, 0.1) is 18.5 Å². The Morgan fingerprint density at radius 3 is 2.61 bits per heavy atom. The van der Waals surface area contributed by atoms with Crippen LogP contribution in [-0.4, -0.2) is 35.1 Å². The first-order chi connectivity index (χ1) is 15.9. The molecular weight excluding hydrogens is 410 g/mol. The number of rotatable bonds is 5. The van der Waals surface area contributed by atoms with E-state index >= 15 is 0 Å². The number of benzene rings is 1. The van der Waals surface area contributed by atoms with E-state index in [-0.39, 0.29) is 17.9 Å². The lowest BCUT2D eigenvalue weighted by atomic mass is 9.50. The van der Waals surface area contributed by atoms with E-state index in [2.05, 4.69) is 39.1 Å². The predicted octanol–water partition coefficient (Wildman–Crippen LogP) is 4.49. The minimum Gasteiger partial charge on any atom is -0.497 e. The molecule has 8 atom stereocenters. The third-order valence-corrected chi connectivity index (χ3v) is 9.95. The Hall–Kier alpha value is -1.85. The van der Waals surface area contributed by atoms with Crippen molar-refractivity contribution in [1.29, 1.82) is 0 Å². The molecule has 3 aliphatic carbocycles. The van der Waals surface area contributed by atoms with Crippen molar-refractivity contribution in [3.63, 3.8) is 0 Å². The lowest BCUT2D eigenvalue weighted by Crippen LogP contribution is -2.53. The Kier molecular flexibility index (Phi) is 6.07. The summed E-state index contributed by atoms with van der Waals surface area (Å²) in [5, 5.41) is 15.5. The van der Waals surface area contributed by atoms with Gasteiger partial charge in [-0.3, -0.25) is 0 Å². The summed E-state index contributed by atoms with van der Waals surface area (Å²) in [7, 11) is 1.69. The summed E-state index contributed by atoms with van der Waals surface area (Å²) < 4.78 is 7.31. The van der Waals surface area contributed by atoms with Crippen LogP contribution in [0.3, 0.4) is 0 Å². The molecule has 0 radical (unpaired) electrons. The van der Waals surface area contributed by atoms with Crippen molar-refractivity contribution in [1.82, 2.24) is 9.78 Å². The van der Waals surface area contributed by atoms with Gasteiger partial charge in [0.15, 0.2) is 0 Å².